The second-order valence-corrected chi connectivity index (χ2v) is 5.26. The van der Waals surface area contributed by atoms with Crippen LogP contribution < -0.4 is 5.32 Å². The quantitative estimate of drug-likeness (QED) is 0.728. The molecule has 0 bridgehead atoms. The summed E-state index contributed by atoms with van der Waals surface area (Å²) in [4.78, 5) is 14.1. The van der Waals surface area contributed by atoms with Gasteiger partial charge in [-0.05, 0) is 48.7 Å². The van der Waals surface area contributed by atoms with Crippen molar-refractivity contribution in [3.05, 3.63) is 6.33 Å². The van der Waals surface area contributed by atoms with Gasteiger partial charge in [0.2, 0.25) is 5.91 Å². The van der Waals surface area contributed by atoms with Crippen molar-refractivity contribution in [3.8, 4) is 0 Å². The molecule has 0 saturated carbocycles. The molecule has 19 heavy (non-hydrogen) atoms. The Morgan fingerprint density at radius 3 is 3.16 bits per heavy atom. The number of hydrogen-bond acceptors (Lipinski definition) is 5. The summed E-state index contributed by atoms with van der Waals surface area (Å²) < 4.78 is 1.42. The zero-order valence-corrected chi connectivity index (χ0v) is 11.5. The van der Waals surface area contributed by atoms with Gasteiger partial charge < -0.3 is 10.2 Å². The number of piperidine rings is 1. The van der Waals surface area contributed by atoms with Gasteiger partial charge in [-0.1, -0.05) is 6.92 Å². The lowest BCUT2D eigenvalue weighted by atomic mass is 10.0. The molecule has 1 aromatic rings. The standard InChI is InChI=1S/C12H22N6O/c1-11-4-2-6-17(8-11)7-3-5-13-12(19)9-18-10-14-15-16-18/h10-11H,2-9H2,1H3,(H,13,19)/t11-/m0/s1. The van der Waals surface area contributed by atoms with Crippen LogP contribution in [0, 0.1) is 5.92 Å². The predicted octanol–water partition coefficient (Wildman–Crippen LogP) is -0.0887. The summed E-state index contributed by atoms with van der Waals surface area (Å²) in [5.41, 5.74) is 0. The molecule has 2 heterocycles. The lowest BCUT2D eigenvalue weighted by Crippen LogP contribution is -2.37. The summed E-state index contributed by atoms with van der Waals surface area (Å²) >= 11 is 0. The van der Waals surface area contributed by atoms with Crippen LogP contribution in [0.2, 0.25) is 0 Å². The Labute approximate surface area is 113 Å². The highest BCUT2D eigenvalue weighted by molar-refractivity contribution is 5.75. The lowest BCUT2D eigenvalue weighted by Gasteiger charge is -2.30. The highest BCUT2D eigenvalue weighted by Gasteiger charge is 2.15. The Hall–Kier alpha value is -1.50. The van der Waals surface area contributed by atoms with Crippen LogP contribution in [0.3, 0.4) is 0 Å². The molecule has 7 heteroatoms. The third-order valence-corrected chi connectivity index (χ3v) is 3.41. The molecule has 1 N–H and O–H groups in total. The lowest BCUT2D eigenvalue weighted by molar-refractivity contribution is -0.121. The molecule has 1 fully saturated rings. The van der Waals surface area contributed by atoms with Crippen molar-refractivity contribution < 1.29 is 4.79 Å². The van der Waals surface area contributed by atoms with Crippen LogP contribution in [0.5, 0.6) is 0 Å². The van der Waals surface area contributed by atoms with Crippen molar-refractivity contribution in [1.82, 2.24) is 30.4 Å². The highest BCUT2D eigenvalue weighted by atomic mass is 16.2. The van der Waals surface area contributed by atoms with E-state index in [-0.39, 0.29) is 12.5 Å². The molecule has 106 valence electrons. The van der Waals surface area contributed by atoms with Crippen molar-refractivity contribution in [2.45, 2.75) is 32.7 Å². The van der Waals surface area contributed by atoms with Gasteiger partial charge in [-0.15, -0.1) is 5.10 Å². The van der Waals surface area contributed by atoms with E-state index in [2.05, 4.69) is 32.7 Å². The number of nitrogens with one attached hydrogen (secondary N) is 1. The van der Waals surface area contributed by atoms with E-state index in [1.165, 1.54) is 36.9 Å². The second kappa shape index (κ2) is 7.18. The summed E-state index contributed by atoms with van der Waals surface area (Å²) in [7, 11) is 0. The maximum atomic E-state index is 11.6. The summed E-state index contributed by atoms with van der Waals surface area (Å²) in [5, 5.41) is 13.5. The molecule has 0 unspecified atom stereocenters. The molecule has 1 aliphatic heterocycles. The van der Waals surface area contributed by atoms with Gasteiger partial charge >= 0.3 is 0 Å². The van der Waals surface area contributed by atoms with E-state index in [9.17, 15) is 4.79 Å². The highest BCUT2D eigenvalue weighted by Crippen LogP contribution is 2.15. The van der Waals surface area contributed by atoms with Crippen molar-refractivity contribution in [2.24, 2.45) is 5.92 Å². The number of carbonyl (C=O) groups excluding carboxylic acids is 1. The van der Waals surface area contributed by atoms with Crippen molar-refractivity contribution in [2.75, 3.05) is 26.2 Å². The first-order valence-corrected chi connectivity index (χ1v) is 6.94. The van der Waals surface area contributed by atoms with Gasteiger partial charge in [-0.25, -0.2) is 4.68 Å². The van der Waals surface area contributed by atoms with Gasteiger partial charge in [0.1, 0.15) is 12.9 Å². The molecule has 7 nitrogen and oxygen atoms in total. The van der Waals surface area contributed by atoms with Crippen molar-refractivity contribution in [3.63, 3.8) is 0 Å². The van der Waals surface area contributed by atoms with Crippen LogP contribution in [0.4, 0.5) is 0 Å². The summed E-state index contributed by atoms with van der Waals surface area (Å²) in [6, 6.07) is 0. The molecular weight excluding hydrogens is 244 g/mol. The third-order valence-electron chi connectivity index (χ3n) is 3.41. The average molecular weight is 266 g/mol. The molecule has 1 aliphatic rings. The fourth-order valence-corrected chi connectivity index (χ4v) is 2.48. The molecule has 0 aromatic carbocycles. The maximum Gasteiger partial charge on any atom is 0.241 e. The first-order valence-electron chi connectivity index (χ1n) is 6.94. The number of amides is 1. The van der Waals surface area contributed by atoms with Crippen LogP contribution >= 0.6 is 0 Å². The van der Waals surface area contributed by atoms with E-state index in [0.29, 0.717) is 6.54 Å². The molecule has 1 aromatic heterocycles. The van der Waals surface area contributed by atoms with E-state index in [1.807, 2.05) is 0 Å². The minimum absolute atomic E-state index is 0.0423. The predicted molar refractivity (Wildman–Crippen MR) is 70.3 cm³/mol. The topological polar surface area (TPSA) is 75.9 Å². The fourth-order valence-electron chi connectivity index (χ4n) is 2.48. The van der Waals surface area contributed by atoms with Crippen LogP contribution in [-0.4, -0.2) is 57.2 Å². The second-order valence-electron chi connectivity index (χ2n) is 5.26. The van der Waals surface area contributed by atoms with Crippen LogP contribution in [0.25, 0.3) is 0 Å². The molecule has 0 spiro atoms. The van der Waals surface area contributed by atoms with Gasteiger partial charge in [-0.2, -0.15) is 0 Å². The van der Waals surface area contributed by atoms with Gasteiger partial charge in [-0.3, -0.25) is 4.79 Å². The minimum Gasteiger partial charge on any atom is -0.354 e. The Balaban J connectivity index is 1.55. The molecular formula is C12H22N6O. The van der Waals surface area contributed by atoms with Crippen molar-refractivity contribution >= 4 is 5.91 Å². The van der Waals surface area contributed by atoms with E-state index in [0.717, 1.165) is 18.9 Å². The third kappa shape index (κ3) is 4.94. The van der Waals surface area contributed by atoms with E-state index < -0.39 is 0 Å². The number of rotatable bonds is 6. The Morgan fingerprint density at radius 2 is 2.42 bits per heavy atom. The van der Waals surface area contributed by atoms with Gasteiger partial charge in [0.05, 0.1) is 0 Å². The van der Waals surface area contributed by atoms with E-state index in [1.54, 1.807) is 0 Å². The van der Waals surface area contributed by atoms with Gasteiger partial charge in [0, 0.05) is 13.1 Å². The van der Waals surface area contributed by atoms with Crippen LogP contribution in [0.15, 0.2) is 6.33 Å². The smallest absolute Gasteiger partial charge is 0.241 e. The monoisotopic (exact) mass is 266 g/mol. The number of nitrogens with zero attached hydrogens (tertiary/aromatic N) is 5. The van der Waals surface area contributed by atoms with Gasteiger partial charge in [0.15, 0.2) is 0 Å². The Bertz CT molecular complexity index is 380. The number of tetrazole rings is 1. The zero-order valence-electron chi connectivity index (χ0n) is 11.5. The zero-order chi connectivity index (χ0) is 13.5. The summed E-state index contributed by atoms with van der Waals surface area (Å²) in [6.45, 7) is 6.66. The number of likely N-dealkylation sites (tertiary alicyclic amines) is 1. The minimum atomic E-state index is -0.0423. The first kappa shape index (κ1) is 13.9. The van der Waals surface area contributed by atoms with E-state index in [4.69, 9.17) is 0 Å². The number of hydrogen-bond donors (Lipinski definition) is 1. The Kier molecular flexibility index (Phi) is 5.26. The fraction of sp³-hybridized carbons (Fsp3) is 0.833. The summed E-state index contributed by atoms with van der Waals surface area (Å²) in [5.74, 6) is 0.766. The summed E-state index contributed by atoms with van der Waals surface area (Å²) in [6.07, 6.45) is 5.08. The molecule has 1 amide bonds. The normalized spacial score (nSPS) is 20.4. The van der Waals surface area contributed by atoms with E-state index >= 15 is 0 Å². The number of aromatic nitrogens is 4. The molecule has 2 rings (SSSR count). The average Bonchev–Trinajstić information content (AvgIpc) is 2.87. The maximum absolute atomic E-state index is 11.6. The molecule has 1 atom stereocenters. The van der Waals surface area contributed by atoms with Crippen molar-refractivity contribution in [1.29, 1.82) is 0 Å². The van der Waals surface area contributed by atoms with Crippen LogP contribution in [0.1, 0.15) is 26.2 Å². The molecule has 0 aliphatic carbocycles. The molecule has 0 radical (unpaired) electrons. The number of carbonyl (C=O) groups is 1. The van der Waals surface area contributed by atoms with Crippen LogP contribution in [-0.2, 0) is 11.3 Å². The largest absolute Gasteiger partial charge is 0.354 e. The first-order chi connectivity index (χ1) is 9.24. The van der Waals surface area contributed by atoms with Gasteiger partial charge in [0.25, 0.3) is 0 Å². The SMILES string of the molecule is C[C@H]1CCCN(CCCNC(=O)Cn2cnnn2)C1. The Morgan fingerprint density at radius 1 is 1.53 bits per heavy atom. The molecule has 1 saturated heterocycles.